The molecule has 0 saturated carbocycles. The van der Waals surface area contributed by atoms with Gasteiger partial charge >= 0.3 is 0 Å². The van der Waals surface area contributed by atoms with E-state index in [-0.39, 0.29) is 0 Å². The van der Waals surface area contributed by atoms with Crippen molar-refractivity contribution in [2.45, 2.75) is 0 Å². The van der Waals surface area contributed by atoms with Crippen LogP contribution in [0.25, 0.3) is 0 Å². The molecule has 0 rings (SSSR count). The third-order valence-corrected chi connectivity index (χ3v) is 1.11. The first-order chi connectivity index (χ1) is 2.77. The highest BCUT2D eigenvalue weighted by Crippen LogP contribution is 1.88. The average Bonchev–Trinajstić information content (AvgIpc) is 1.35. The lowest BCUT2D eigenvalue weighted by Gasteiger charge is -1.73. The molecule has 0 heterocycles. The Labute approximate surface area is 46.1 Å². The lowest BCUT2D eigenvalue weighted by Crippen LogP contribution is -1.90. The Morgan fingerprint density at radius 2 is 2.17 bits per heavy atom. The van der Waals surface area contributed by atoms with Crippen LogP contribution < -0.4 is 5.09 Å². The summed E-state index contributed by atoms with van der Waals surface area (Å²) in [6.45, 7) is 0. The second-order valence-corrected chi connectivity index (χ2v) is 4.16. The Balaban J connectivity index is 3.32. The highest BCUT2D eigenvalue weighted by Gasteiger charge is 1.64. The van der Waals surface area contributed by atoms with E-state index in [1.165, 1.54) is 0 Å². The van der Waals surface area contributed by atoms with E-state index in [0.29, 0.717) is 6.41 Å². The normalized spacial score (nSPS) is 6.67. The summed E-state index contributed by atoms with van der Waals surface area (Å²) in [5, 5.41) is 2.22. The Morgan fingerprint density at radius 1 is 1.67 bits per heavy atom. The van der Waals surface area contributed by atoms with Gasteiger partial charge in [-0.05, 0) is 23.6 Å². The summed E-state index contributed by atoms with van der Waals surface area (Å²) in [6.07, 6.45) is 0.520. The van der Waals surface area contributed by atoms with Crippen LogP contribution in [0.4, 0.5) is 0 Å². The fourth-order valence-electron chi connectivity index (χ4n) is 0.0430. The third kappa shape index (κ3) is 4.21. The van der Waals surface area contributed by atoms with E-state index in [0.717, 1.165) is 0 Å². The van der Waals surface area contributed by atoms with E-state index in [1.807, 2.05) is 0 Å². The molecule has 5 heteroatoms. The van der Waals surface area contributed by atoms with Crippen molar-refractivity contribution in [3.63, 3.8) is 0 Å². The van der Waals surface area contributed by atoms with Gasteiger partial charge < -0.3 is 0 Å². The van der Waals surface area contributed by atoms with Crippen molar-refractivity contribution in [3.05, 3.63) is 0 Å². The fraction of sp³-hybridized carbons (Fsp3) is 0. The molecular formula is CH2NOPS2. The smallest absolute Gasteiger partial charge is 0.215 e. The third-order valence-electron chi connectivity index (χ3n) is 0.158. The molecule has 0 aromatic heterocycles. The fourth-order valence-corrected chi connectivity index (χ4v) is 0.387. The average molecular weight is 139 g/mol. The van der Waals surface area contributed by atoms with Gasteiger partial charge in [0.2, 0.25) is 6.41 Å². The summed E-state index contributed by atoms with van der Waals surface area (Å²) in [5.74, 6) is 0. The van der Waals surface area contributed by atoms with E-state index in [9.17, 15) is 4.79 Å². The maximum absolute atomic E-state index is 9.39. The van der Waals surface area contributed by atoms with E-state index in [4.69, 9.17) is 0 Å². The van der Waals surface area contributed by atoms with Crippen LogP contribution in [0.5, 0.6) is 0 Å². The van der Waals surface area contributed by atoms with E-state index in [1.54, 1.807) is 0 Å². The molecule has 6 heavy (non-hydrogen) atoms. The molecule has 0 aromatic carbocycles. The second-order valence-electron chi connectivity index (χ2n) is 0.504. The number of carbonyl (C=O) groups excluding carboxylic acids is 1. The van der Waals surface area contributed by atoms with Gasteiger partial charge in [0.1, 0.15) is 5.62 Å². The minimum Gasteiger partial charge on any atom is -0.299 e. The second kappa shape index (κ2) is 3.40. The van der Waals surface area contributed by atoms with Crippen LogP contribution in [0.3, 0.4) is 0 Å². The van der Waals surface area contributed by atoms with Gasteiger partial charge in [0, 0.05) is 0 Å². The SMILES string of the molecule is O=CNP(=S)=S. The number of hydrogen-bond acceptors (Lipinski definition) is 3. The van der Waals surface area contributed by atoms with Gasteiger partial charge in [-0.1, -0.05) is 0 Å². The van der Waals surface area contributed by atoms with Gasteiger partial charge in [-0.15, -0.1) is 0 Å². The minimum absolute atomic E-state index is 0.520. The Bertz CT molecular complexity index is 100. The molecule has 0 aliphatic rings. The van der Waals surface area contributed by atoms with Crippen LogP contribution in [0.15, 0.2) is 0 Å². The number of rotatable bonds is 2. The lowest BCUT2D eigenvalue weighted by atomic mass is 11.5. The summed E-state index contributed by atoms with van der Waals surface area (Å²) in [7, 11) is 0. The number of carbonyl (C=O) groups is 1. The van der Waals surface area contributed by atoms with Crippen molar-refractivity contribution >= 4 is 35.6 Å². The molecule has 0 aliphatic carbocycles. The highest BCUT2D eigenvalue weighted by atomic mass is 32.7. The van der Waals surface area contributed by atoms with Gasteiger partial charge in [-0.2, -0.15) is 0 Å². The van der Waals surface area contributed by atoms with Crippen LogP contribution >= 0.6 is 5.62 Å². The first kappa shape index (κ1) is 6.21. The summed E-state index contributed by atoms with van der Waals surface area (Å²) in [4.78, 5) is 9.39. The molecule has 0 atom stereocenters. The summed E-state index contributed by atoms with van der Waals surface area (Å²) >= 11 is 8.83. The van der Waals surface area contributed by atoms with Gasteiger partial charge in [-0.3, -0.25) is 9.88 Å². The van der Waals surface area contributed by atoms with Gasteiger partial charge in [-0.25, -0.2) is 0 Å². The van der Waals surface area contributed by atoms with Gasteiger partial charge in [0.15, 0.2) is 0 Å². The van der Waals surface area contributed by atoms with Crippen LogP contribution in [0, 0.1) is 0 Å². The topological polar surface area (TPSA) is 29.1 Å². The summed E-state index contributed by atoms with van der Waals surface area (Å²) < 4.78 is 0. The lowest BCUT2D eigenvalue weighted by molar-refractivity contribution is -0.107. The van der Waals surface area contributed by atoms with E-state index < -0.39 is 5.62 Å². The van der Waals surface area contributed by atoms with Crippen molar-refractivity contribution < 1.29 is 4.79 Å². The van der Waals surface area contributed by atoms with E-state index >= 15 is 0 Å². The summed E-state index contributed by atoms with van der Waals surface area (Å²) in [6, 6.07) is 0. The Hall–Kier alpha value is 0.210. The first-order valence-corrected chi connectivity index (χ1v) is 4.48. The maximum atomic E-state index is 9.39. The molecule has 1 amide bonds. The zero-order chi connectivity index (χ0) is 4.99. The zero-order valence-electron chi connectivity index (χ0n) is 2.75. The molecule has 0 unspecified atom stereocenters. The van der Waals surface area contributed by atoms with Crippen LogP contribution in [-0.4, -0.2) is 6.41 Å². The molecule has 1 N–H and O–H groups in total. The Morgan fingerprint density at radius 3 is 2.17 bits per heavy atom. The highest BCUT2D eigenvalue weighted by molar-refractivity contribution is 8.24. The van der Waals surface area contributed by atoms with Gasteiger partial charge in [0.25, 0.3) is 0 Å². The minimum atomic E-state index is -1.05. The molecule has 2 nitrogen and oxygen atoms in total. The zero-order valence-corrected chi connectivity index (χ0v) is 5.28. The van der Waals surface area contributed by atoms with Crippen LogP contribution in [0.1, 0.15) is 0 Å². The van der Waals surface area contributed by atoms with Crippen LogP contribution in [0.2, 0.25) is 0 Å². The number of amides is 1. The molecule has 0 aliphatic heterocycles. The molecule has 0 spiro atoms. The molecule has 34 valence electrons. The predicted octanol–water partition coefficient (Wildman–Crippen LogP) is 0.0531. The Kier molecular flexibility index (Phi) is 3.52. The quantitative estimate of drug-likeness (QED) is 0.433. The van der Waals surface area contributed by atoms with E-state index in [2.05, 4.69) is 28.7 Å². The monoisotopic (exact) mass is 139 g/mol. The molecule has 0 saturated heterocycles. The van der Waals surface area contributed by atoms with Crippen molar-refractivity contribution in [3.8, 4) is 0 Å². The van der Waals surface area contributed by atoms with Crippen molar-refractivity contribution in [1.82, 2.24) is 5.09 Å². The first-order valence-electron chi connectivity index (χ1n) is 1.11. The standard InChI is InChI=1S/CH2NOPS2/c3-1-2-4(5)6/h1H,(H,2,3,5,6). The molecular weight excluding hydrogens is 137 g/mol. The van der Waals surface area contributed by atoms with Gasteiger partial charge in [0.05, 0.1) is 0 Å². The maximum Gasteiger partial charge on any atom is 0.215 e. The van der Waals surface area contributed by atoms with Crippen molar-refractivity contribution in [2.75, 3.05) is 0 Å². The van der Waals surface area contributed by atoms with Crippen molar-refractivity contribution in [1.29, 1.82) is 0 Å². The van der Waals surface area contributed by atoms with Crippen molar-refractivity contribution in [2.24, 2.45) is 0 Å². The molecule has 0 radical (unpaired) electrons. The molecule has 0 aromatic rings. The molecule has 0 fully saturated rings. The molecule has 0 bridgehead atoms. The largest absolute Gasteiger partial charge is 0.299 e. The summed E-state index contributed by atoms with van der Waals surface area (Å²) in [5.41, 5.74) is -1.05. The predicted molar refractivity (Wildman–Crippen MR) is 30.8 cm³/mol. The number of hydrogen-bond donors (Lipinski definition) is 1. The number of nitrogens with one attached hydrogen (secondary N) is 1. The van der Waals surface area contributed by atoms with Crippen LogP contribution in [-0.2, 0) is 28.4 Å².